The van der Waals surface area contributed by atoms with Gasteiger partial charge >= 0.3 is 0 Å². The summed E-state index contributed by atoms with van der Waals surface area (Å²) in [6, 6.07) is 4.54. The number of halogens is 1. The number of carbonyl (C=O) groups is 1. The lowest BCUT2D eigenvalue weighted by Gasteiger charge is -2.05. The van der Waals surface area contributed by atoms with Gasteiger partial charge in [-0.15, -0.1) is 0 Å². The molecule has 1 saturated carbocycles. The second kappa shape index (κ2) is 7.82. The molecule has 94 valence electrons. The van der Waals surface area contributed by atoms with Crippen molar-refractivity contribution >= 4 is 12.1 Å². The Balaban J connectivity index is 0.000000202. The van der Waals surface area contributed by atoms with Crippen LogP contribution in [0.5, 0.6) is 0 Å². The molecule has 1 aliphatic carbocycles. The van der Waals surface area contributed by atoms with E-state index in [9.17, 15) is 9.18 Å². The molecule has 1 fully saturated rings. The number of aryl methyl sites for hydroxylation is 1. The Labute approximate surface area is 102 Å². The van der Waals surface area contributed by atoms with Gasteiger partial charge in [0.1, 0.15) is 5.82 Å². The van der Waals surface area contributed by atoms with Crippen molar-refractivity contribution in [1.82, 2.24) is 0 Å². The zero-order valence-electron chi connectivity index (χ0n) is 10.3. The first kappa shape index (κ1) is 13.7. The van der Waals surface area contributed by atoms with Crippen molar-refractivity contribution in [3.05, 3.63) is 29.6 Å². The summed E-state index contributed by atoms with van der Waals surface area (Å²) in [4.78, 5) is 9.94. The van der Waals surface area contributed by atoms with Crippen LogP contribution in [0, 0.1) is 12.7 Å². The van der Waals surface area contributed by atoms with E-state index in [4.69, 9.17) is 0 Å². The van der Waals surface area contributed by atoms with E-state index >= 15 is 0 Å². The third-order valence-electron chi connectivity index (χ3n) is 2.90. The molecule has 1 aromatic carbocycles. The SMILES string of the molecule is C1CCCCC1.Cc1ccc(NC=O)cc1F. The normalized spacial score (nSPS) is 14.5. The standard InChI is InChI=1S/C8H8FNO.C6H12/c1-6-2-3-7(10-5-11)4-8(6)9;1-2-4-6-5-3-1/h2-5H,1H3,(H,10,11);1-6H2. The summed E-state index contributed by atoms with van der Waals surface area (Å²) in [5.41, 5.74) is 1.05. The van der Waals surface area contributed by atoms with Gasteiger partial charge in [0, 0.05) is 5.69 Å². The predicted molar refractivity (Wildman–Crippen MR) is 68.5 cm³/mol. The molecule has 2 rings (SSSR count). The summed E-state index contributed by atoms with van der Waals surface area (Å²) in [5.74, 6) is -0.308. The lowest BCUT2D eigenvalue weighted by atomic mass is 10.0. The van der Waals surface area contributed by atoms with Crippen molar-refractivity contribution in [2.75, 3.05) is 5.32 Å². The lowest BCUT2D eigenvalue weighted by Crippen LogP contribution is -1.94. The number of nitrogens with one attached hydrogen (secondary N) is 1. The molecule has 0 unspecified atom stereocenters. The van der Waals surface area contributed by atoms with Crippen molar-refractivity contribution in [3.8, 4) is 0 Å². The van der Waals surface area contributed by atoms with E-state index in [2.05, 4.69) is 5.32 Å². The first-order valence-electron chi connectivity index (χ1n) is 6.20. The Morgan fingerprint density at radius 2 is 1.65 bits per heavy atom. The van der Waals surface area contributed by atoms with Crippen LogP contribution in [0.15, 0.2) is 18.2 Å². The molecule has 1 aromatic rings. The van der Waals surface area contributed by atoms with Gasteiger partial charge < -0.3 is 5.32 Å². The van der Waals surface area contributed by atoms with Crippen molar-refractivity contribution < 1.29 is 9.18 Å². The highest BCUT2D eigenvalue weighted by Crippen LogP contribution is 2.15. The molecule has 0 saturated heterocycles. The molecule has 0 aliphatic heterocycles. The zero-order chi connectivity index (χ0) is 12.5. The number of hydrogen-bond donors (Lipinski definition) is 1. The second-order valence-corrected chi connectivity index (χ2v) is 4.35. The summed E-state index contributed by atoms with van der Waals surface area (Å²) in [5, 5.41) is 2.36. The third kappa shape index (κ3) is 5.48. The van der Waals surface area contributed by atoms with Crippen molar-refractivity contribution in [2.45, 2.75) is 45.4 Å². The largest absolute Gasteiger partial charge is 0.329 e. The predicted octanol–water partition coefficient (Wildman–Crippen LogP) is 4.04. The quantitative estimate of drug-likeness (QED) is 0.773. The maximum Gasteiger partial charge on any atom is 0.211 e. The minimum absolute atomic E-state index is 0.308. The van der Waals surface area contributed by atoms with Gasteiger partial charge in [0.2, 0.25) is 6.41 Å². The van der Waals surface area contributed by atoms with Gasteiger partial charge in [-0.1, -0.05) is 44.6 Å². The Morgan fingerprint density at radius 1 is 1.12 bits per heavy atom. The van der Waals surface area contributed by atoms with Crippen LogP contribution < -0.4 is 5.32 Å². The molecule has 0 bridgehead atoms. The lowest BCUT2D eigenvalue weighted by molar-refractivity contribution is -0.105. The molecule has 0 heterocycles. The maximum absolute atomic E-state index is 12.7. The molecule has 0 atom stereocenters. The molecular formula is C14H20FNO. The molecule has 0 spiro atoms. The van der Waals surface area contributed by atoms with Gasteiger partial charge in [-0.2, -0.15) is 0 Å². The minimum atomic E-state index is -0.308. The topological polar surface area (TPSA) is 29.1 Å². The van der Waals surface area contributed by atoms with Crippen molar-refractivity contribution in [3.63, 3.8) is 0 Å². The Bertz CT molecular complexity index is 337. The Kier molecular flexibility index (Phi) is 6.30. The second-order valence-electron chi connectivity index (χ2n) is 4.35. The number of anilines is 1. The summed E-state index contributed by atoms with van der Waals surface area (Å²) >= 11 is 0. The molecule has 0 radical (unpaired) electrons. The fourth-order valence-electron chi connectivity index (χ4n) is 1.81. The van der Waals surface area contributed by atoms with E-state index in [1.807, 2.05) is 0 Å². The number of amides is 1. The highest BCUT2D eigenvalue weighted by atomic mass is 19.1. The molecule has 1 aliphatic rings. The Morgan fingerprint density at radius 3 is 2.06 bits per heavy atom. The van der Waals surface area contributed by atoms with Crippen molar-refractivity contribution in [2.24, 2.45) is 0 Å². The van der Waals surface area contributed by atoms with E-state index in [1.54, 1.807) is 19.1 Å². The molecular weight excluding hydrogens is 217 g/mol. The highest BCUT2D eigenvalue weighted by molar-refractivity contribution is 5.71. The van der Waals surface area contributed by atoms with Gasteiger partial charge in [-0.3, -0.25) is 4.79 Å². The molecule has 1 N–H and O–H groups in total. The highest BCUT2D eigenvalue weighted by Gasteiger charge is 1.97. The molecule has 1 amide bonds. The van der Waals surface area contributed by atoms with Crippen LogP contribution >= 0.6 is 0 Å². The monoisotopic (exact) mass is 237 g/mol. The fraction of sp³-hybridized carbons (Fsp3) is 0.500. The van der Waals surface area contributed by atoms with Crippen LogP contribution in [0.1, 0.15) is 44.1 Å². The van der Waals surface area contributed by atoms with Crippen LogP contribution in [0.3, 0.4) is 0 Å². The van der Waals surface area contributed by atoms with Gasteiger partial charge in [-0.05, 0) is 24.6 Å². The zero-order valence-corrected chi connectivity index (χ0v) is 10.3. The van der Waals surface area contributed by atoms with Crippen LogP contribution in [-0.4, -0.2) is 6.41 Å². The Hall–Kier alpha value is -1.38. The van der Waals surface area contributed by atoms with E-state index in [-0.39, 0.29) is 5.82 Å². The number of hydrogen-bond acceptors (Lipinski definition) is 1. The smallest absolute Gasteiger partial charge is 0.211 e. The van der Waals surface area contributed by atoms with E-state index in [0.717, 1.165) is 0 Å². The van der Waals surface area contributed by atoms with Gasteiger partial charge in [0.25, 0.3) is 0 Å². The average Bonchev–Trinajstić information content (AvgIpc) is 2.37. The third-order valence-corrected chi connectivity index (χ3v) is 2.90. The van der Waals surface area contributed by atoms with Gasteiger partial charge in [0.15, 0.2) is 0 Å². The summed E-state index contributed by atoms with van der Waals surface area (Å²) in [6.07, 6.45) is 9.52. The number of rotatable bonds is 2. The average molecular weight is 237 g/mol. The van der Waals surface area contributed by atoms with E-state index in [0.29, 0.717) is 17.7 Å². The molecule has 17 heavy (non-hydrogen) atoms. The van der Waals surface area contributed by atoms with Crippen LogP contribution in [0.25, 0.3) is 0 Å². The summed E-state index contributed by atoms with van der Waals surface area (Å²) < 4.78 is 12.7. The maximum atomic E-state index is 12.7. The van der Waals surface area contributed by atoms with Crippen LogP contribution in [0.2, 0.25) is 0 Å². The van der Waals surface area contributed by atoms with Crippen molar-refractivity contribution in [1.29, 1.82) is 0 Å². The first-order chi connectivity index (χ1) is 8.24. The van der Waals surface area contributed by atoms with E-state index in [1.165, 1.54) is 44.6 Å². The molecule has 3 heteroatoms. The van der Waals surface area contributed by atoms with Crippen LogP contribution in [0.4, 0.5) is 10.1 Å². The summed E-state index contributed by atoms with van der Waals surface area (Å²) in [6.45, 7) is 1.67. The fourth-order valence-corrected chi connectivity index (χ4v) is 1.81. The van der Waals surface area contributed by atoms with E-state index < -0.39 is 0 Å². The van der Waals surface area contributed by atoms with Gasteiger partial charge in [-0.25, -0.2) is 4.39 Å². The molecule has 0 aromatic heterocycles. The first-order valence-corrected chi connectivity index (χ1v) is 6.20. The summed E-state index contributed by atoms with van der Waals surface area (Å²) in [7, 11) is 0. The number of carbonyl (C=O) groups excluding carboxylic acids is 1. The minimum Gasteiger partial charge on any atom is -0.329 e. The van der Waals surface area contributed by atoms with Gasteiger partial charge in [0.05, 0.1) is 0 Å². The number of benzene rings is 1. The molecule has 2 nitrogen and oxygen atoms in total. The van der Waals surface area contributed by atoms with Crippen LogP contribution in [-0.2, 0) is 4.79 Å².